The minimum Gasteiger partial charge on any atom is -0.388 e. The third kappa shape index (κ3) is 1.74. The number of aryl methyl sites for hydroxylation is 1. The molecule has 0 amide bonds. The zero-order valence-corrected chi connectivity index (χ0v) is 12.5. The molecule has 1 aliphatic heterocycles. The predicted octanol–water partition coefficient (Wildman–Crippen LogP) is 2.54. The summed E-state index contributed by atoms with van der Waals surface area (Å²) in [6.07, 6.45) is 8.34. The molecule has 5 nitrogen and oxygen atoms in total. The molecule has 1 N–H and O–H groups in total. The Labute approximate surface area is 133 Å². The van der Waals surface area contributed by atoms with E-state index in [2.05, 4.69) is 43.8 Å². The van der Waals surface area contributed by atoms with E-state index in [9.17, 15) is 5.11 Å². The molecule has 5 rings (SSSR count). The second-order valence-corrected chi connectivity index (χ2v) is 6.29. The van der Waals surface area contributed by atoms with Gasteiger partial charge >= 0.3 is 0 Å². The molecule has 1 aliphatic carbocycles. The van der Waals surface area contributed by atoms with Gasteiger partial charge in [-0.05, 0) is 18.4 Å². The first kappa shape index (κ1) is 13.0. The summed E-state index contributed by atoms with van der Waals surface area (Å²) < 4.78 is 2.20. The second-order valence-electron chi connectivity index (χ2n) is 6.29. The van der Waals surface area contributed by atoms with Gasteiger partial charge in [0.15, 0.2) is 0 Å². The maximum Gasteiger partial charge on any atom is 0.115 e. The standard InChI is InChI=1S/C18H16N4O/c23-18-13(5-6-15-14(18)7-19-9-21-15)17-12-4-2-1-3-11(12)16-8-20-10-22(16)17/h1-4,7-10,13,17-18,23H,5-6H2/t13-,17?,18-/m1/s1. The van der Waals surface area contributed by atoms with Crippen LogP contribution in [-0.4, -0.2) is 24.6 Å². The normalized spacial score (nSPS) is 24.8. The molecule has 2 aliphatic rings. The summed E-state index contributed by atoms with van der Waals surface area (Å²) in [6.45, 7) is 0. The molecule has 1 unspecified atom stereocenters. The molecule has 0 bridgehead atoms. The summed E-state index contributed by atoms with van der Waals surface area (Å²) in [6, 6.07) is 8.54. The first-order chi connectivity index (χ1) is 11.3. The lowest BCUT2D eigenvalue weighted by Gasteiger charge is -2.34. The molecule has 23 heavy (non-hydrogen) atoms. The largest absolute Gasteiger partial charge is 0.388 e. The highest BCUT2D eigenvalue weighted by atomic mass is 16.3. The van der Waals surface area contributed by atoms with Crippen LogP contribution in [0.1, 0.15) is 35.4 Å². The Morgan fingerprint density at radius 2 is 2.00 bits per heavy atom. The summed E-state index contributed by atoms with van der Waals surface area (Å²) in [7, 11) is 0. The van der Waals surface area contributed by atoms with Crippen LogP contribution in [0.3, 0.4) is 0 Å². The number of hydrogen-bond acceptors (Lipinski definition) is 4. The van der Waals surface area contributed by atoms with Crippen molar-refractivity contribution in [2.24, 2.45) is 5.92 Å². The van der Waals surface area contributed by atoms with Crippen LogP contribution in [0, 0.1) is 5.92 Å². The van der Waals surface area contributed by atoms with Gasteiger partial charge in [-0.2, -0.15) is 0 Å². The van der Waals surface area contributed by atoms with Crippen LogP contribution in [0.4, 0.5) is 0 Å². The van der Waals surface area contributed by atoms with Crippen LogP contribution in [0.25, 0.3) is 11.3 Å². The van der Waals surface area contributed by atoms with Crippen LogP contribution in [0.5, 0.6) is 0 Å². The van der Waals surface area contributed by atoms with Crippen LogP contribution < -0.4 is 0 Å². The maximum absolute atomic E-state index is 11.0. The molecule has 0 saturated heterocycles. The molecule has 0 saturated carbocycles. The van der Waals surface area contributed by atoms with Crippen molar-refractivity contribution in [3.8, 4) is 11.3 Å². The molecule has 0 spiro atoms. The number of fused-ring (bicyclic) bond motifs is 4. The van der Waals surface area contributed by atoms with Crippen LogP contribution >= 0.6 is 0 Å². The molecular formula is C18H16N4O. The van der Waals surface area contributed by atoms with Crippen LogP contribution in [0.2, 0.25) is 0 Å². The smallest absolute Gasteiger partial charge is 0.115 e. The first-order valence-corrected chi connectivity index (χ1v) is 7.92. The van der Waals surface area contributed by atoms with Crippen molar-refractivity contribution in [3.05, 3.63) is 66.1 Å². The summed E-state index contributed by atoms with van der Waals surface area (Å²) >= 11 is 0. The van der Waals surface area contributed by atoms with Gasteiger partial charge in [-0.3, -0.25) is 0 Å². The number of benzene rings is 1. The van der Waals surface area contributed by atoms with Crippen LogP contribution in [-0.2, 0) is 6.42 Å². The topological polar surface area (TPSA) is 63.8 Å². The number of aromatic nitrogens is 4. The molecule has 3 heterocycles. The van der Waals surface area contributed by atoms with Crippen molar-refractivity contribution in [2.75, 3.05) is 0 Å². The molecular weight excluding hydrogens is 288 g/mol. The van der Waals surface area contributed by atoms with Gasteiger partial charge in [0.05, 0.1) is 30.4 Å². The summed E-state index contributed by atoms with van der Waals surface area (Å²) in [5, 5.41) is 11.0. The molecule has 1 aromatic carbocycles. The molecule has 5 heteroatoms. The number of imidazole rings is 1. The van der Waals surface area contributed by atoms with Gasteiger partial charge in [-0.1, -0.05) is 24.3 Å². The second kappa shape index (κ2) is 4.73. The van der Waals surface area contributed by atoms with E-state index in [1.807, 2.05) is 12.5 Å². The number of aliphatic hydroxyl groups excluding tert-OH is 1. The van der Waals surface area contributed by atoms with Crippen molar-refractivity contribution in [1.29, 1.82) is 0 Å². The third-order valence-corrected chi connectivity index (χ3v) is 5.19. The lowest BCUT2D eigenvalue weighted by molar-refractivity contribution is 0.0706. The van der Waals surface area contributed by atoms with Gasteiger partial charge in [0.25, 0.3) is 0 Å². The zero-order chi connectivity index (χ0) is 15.4. The van der Waals surface area contributed by atoms with E-state index in [4.69, 9.17) is 0 Å². The molecule has 3 atom stereocenters. The molecule has 0 fully saturated rings. The predicted molar refractivity (Wildman–Crippen MR) is 84.6 cm³/mol. The number of rotatable bonds is 1. The van der Waals surface area contributed by atoms with Crippen molar-refractivity contribution in [2.45, 2.75) is 25.0 Å². The van der Waals surface area contributed by atoms with E-state index in [-0.39, 0.29) is 12.0 Å². The first-order valence-electron chi connectivity index (χ1n) is 7.92. The molecule has 0 radical (unpaired) electrons. The van der Waals surface area contributed by atoms with Gasteiger partial charge in [0.2, 0.25) is 0 Å². The lowest BCUT2D eigenvalue weighted by atomic mass is 9.78. The quantitative estimate of drug-likeness (QED) is 0.750. The number of nitrogens with zero attached hydrogens (tertiary/aromatic N) is 4. The van der Waals surface area contributed by atoms with Gasteiger partial charge in [-0.15, -0.1) is 0 Å². The Balaban J connectivity index is 1.64. The number of aliphatic hydroxyl groups is 1. The van der Waals surface area contributed by atoms with E-state index in [1.165, 1.54) is 11.1 Å². The maximum atomic E-state index is 11.0. The Morgan fingerprint density at radius 1 is 1.09 bits per heavy atom. The monoisotopic (exact) mass is 304 g/mol. The minimum absolute atomic E-state index is 0.102. The summed E-state index contributed by atoms with van der Waals surface area (Å²) in [4.78, 5) is 12.7. The van der Waals surface area contributed by atoms with Gasteiger partial charge in [0, 0.05) is 28.9 Å². The minimum atomic E-state index is -0.550. The van der Waals surface area contributed by atoms with E-state index in [0.717, 1.165) is 29.8 Å². The Hall–Kier alpha value is -2.53. The third-order valence-electron chi connectivity index (χ3n) is 5.19. The fraction of sp³-hybridized carbons (Fsp3) is 0.278. The molecule has 114 valence electrons. The van der Waals surface area contributed by atoms with E-state index in [1.54, 1.807) is 12.5 Å². The van der Waals surface area contributed by atoms with Crippen molar-refractivity contribution in [1.82, 2.24) is 19.5 Å². The van der Waals surface area contributed by atoms with Gasteiger partial charge < -0.3 is 9.67 Å². The molecule has 2 aromatic heterocycles. The van der Waals surface area contributed by atoms with E-state index in [0.29, 0.717) is 0 Å². The highest BCUT2D eigenvalue weighted by molar-refractivity contribution is 5.69. The molecule has 3 aromatic rings. The lowest BCUT2D eigenvalue weighted by Crippen LogP contribution is -2.29. The highest BCUT2D eigenvalue weighted by Gasteiger charge is 2.40. The number of hydrogen-bond donors (Lipinski definition) is 1. The van der Waals surface area contributed by atoms with E-state index >= 15 is 0 Å². The Kier molecular flexibility index (Phi) is 2.67. The summed E-state index contributed by atoms with van der Waals surface area (Å²) in [5.74, 6) is 0.102. The zero-order valence-electron chi connectivity index (χ0n) is 12.5. The van der Waals surface area contributed by atoms with Crippen molar-refractivity contribution >= 4 is 0 Å². The van der Waals surface area contributed by atoms with Gasteiger partial charge in [-0.25, -0.2) is 15.0 Å². The highest BCUT2D eigenvalue weighted by Crippen LogP contribution is 2.49. The van der Waals surface area contributed by atoms with Crippen molar-refractivity contribution in [3.63, 3.8) is 0 Å². The Morgan fingerprint density at radius 3 is 2.96 bits per heavy atom. The average molecular weight is 304 g/mol. The summed E-state index contributed by atoms with van der Waals surface area (Å²) in [5.41, 5.74) is 5.47. The van der Waals surface area contributed by atoms with E-state index < -0.39 is 6.10 Å². The SMILES string of the molecule is O[C@H]1c2cncnc2CC[C@@H]1C1c2ccccc2-c2cncn21. The van der Waals surface area contributed by atoms with Crippen molar-refractivity contribution < 1.29 is 5.11 Å². The fourth-order valence-corrected chi connectivity index (χ4v) is 4.15. The van der Waals surface area contributed by atoms with Crippen LogP contribution in [0.15, 0.2) is 49.3 Å². The fourth-order valence-electron chi connectivity index (χ4n) is 4.15. The Bertz CT molecular complexity index is 888. The average Bonchev–Trinajstić information content (AvgIpc) is 3.17. The van der Waals surface area contributed by atoms with Gasteiger partial charge in [0.1, 0.15) is 6.33 Å².